The zero-order valence-corrected chi connectivity index (χ0v) is 17.8. The van der Waals surface area contributed by atoms with E-state index >= 15 is 0 Å². The van der Waals surface area contributed by atoms with Crippen LogP contribution >= 0.6 is 23.1 Å². The molecule has 0 unspecified atom stereocenters. The number of fused-ring (bicyclic) bond motifs is 1. The van der Waals surface area contributed by atoms with Gasteiger partial charge < -0.3 is 10.4 Å². The normalized spacial score (nSPS) is 19.0. The van der Waals surface area contributed by atoms with E-state index in [0.29, 0.717) is 24.3 Å². The van der Waals surface area contributed by atoms with Crippen molar-refractivity contribution in [2.75, 3.05) is 5.32 Å². The number of rotatable bonds is 6. The molecule has 1 fully saturated rings. The number of hydrogen-bond acceptors (Lipinski definition) is 5. The van der Waals surface area contributed by atoms with Gasteiger partial charge in [-0.15, -0.1) is 11.3 Å². The molecule has 1 heterocycles. The number of benzene rings is 2. The third kappa shape index (κ3) is 4.82. The number of carbonyl (C=O) groups is 2. The molecule has 0 bridgehead atoms. The van der Waals surface area contributed by atoms with Gasteiger partial charge in [0.05, 0.1) is 22.1 Å². The van der Waals surface area contributed by atoms with Gasteiger partial charge in [-0.05, 0) is 48.7 Å². The fourth-order valence-corrected chi connectivity index (χ4v) is 5.81. The fourth-order valence-electron chi connectivity index (χ4n) is 3.74. The van der Waals surface area contributed by atoms with Crippen molar-refractivity contribution < 1.29 is 19.1 Å². The number of carbonyl (C=O) groups excluding carboxylic acids is 1. The highest BCUT2D eigenvalue weighted by Crippen LogP contribution is 2.34. The molecule has 2 aromatic carbocycles. The molecule has 1 saturated carbocycles. The fraction of sp³-hybridized carbons (Fsp3) is 0.318. The highest BCUT2D eigenvalue weighted by molar-refractivity contribution is 8.00. The topological polar surface area (TPSA) is 79.3 Å². The Morgan fingerprint density at radius 3 is 2.60 bits per heavy atom. The van der Waals surface area contributed by atoms with Gasteiger partial charge in [-0.3, -0.25) is 9.59 Å². The molecule has 8 heteroatoms. The van der Waals surface area contributed by atoms with Crippen molar-refractivity contribution in [3.05, 3.63) is 53.8 Å². The number of hydrogen-bond donors (Lipinski definition) is 2. The number of amides is 1. The van der Waals surface area contributed by atoms with E-state index < -0.39 is 17.8 Å². The van der Waals surface area contributed by atoms with E-state index in [2.05, 4.69) is 10.3 Å². The van der Waals surface area contributed by atoms with E-state index in [9.17, 15) is 19.1 Å². The van der Waals surface area contributed by atoms with Gasteiger partial charge in [0.25, 0.3) is 0 Å². The van der Waals surface area contributed by atoms with Crippen LogP contribution in [-0.2, 0) is 15.3 Å². The van der Waals surface area contributed by atoms with Crippen LogP contribution in [-0.4, -0.2) is 22.0 Å². The smallest absolute Gasteiger partial charge is 0.307 e. The van der Waals surface area contributed by atoms with Gasteiger partial charge in [0.1, 0.15) is 5.82 Å². The number of thioether (sulfide) groups is 1. The van der Waals surface area contributed by atoms with Crippen molar-refractivity contribution in [1.29, 1.82) is 0 Å². The molecule has 0 saturated heterocycles. The Hall–Kier alpha value is -2.45. The molecule has 30 heavy (non-hydrogen) atoms. The summed E-state index contributed by atoms with van der Waals surface area (Å²) < 4.78 is 14.9. The van der Waals surface area contributed by atoms with E-state index in [1.165, 1.54) is 23.5 Å². The Morgan fingerprint density at radius 2 is 1.87 bits per heavy atom. The Balaban J connectivity index is 1.43. The molecular weight excluding hydrogens is 423 g/mol. The van der Waals surface area contributed by atoms with Gasteiger partial charge >= 0.3 is 5.97 Å². The number of thiazole rings is 1. The summed E-state index contributed by atoms with van der Waals surface area (Å²) in [5, 5.41) is 12.3. The first-order valence-electron chi connectivity index (χ1n) is 9.81. The standard InChI is InChI=1S/C22H21FN2O3S2/c23-14-7-5-13(6-8-14)12-29-22-25-18-10-9-15(11-19(18)30-22)24-20(26)16-3-1-2-4-17(16)21(27)28/h5-11,16-17H,1-4,12H2,(H,24,26)(H,27,28)/t16-,17-/m0/s1. The summed E-state index contributed by atoms with van der Waals surface area (Å²) in [6.45, 7) is 0. The summed E-state index contributed by atoms with van der Waals surface area (Å²) in [4.78, 5) is 28.8. The molecule has 1 aromatic heterocycles. The van der Waals surface area contributed by atoms with Crippen LogP contribution in [0.2, 0.25) is 0 Å². The highest BCUT2D eigenvalue weighted by atomic mass is 32.2. The first-order chi connectivity index (χ1) is 14.5. The lowest BCUT2D eigenvalue weighted by atomic mass is 9.78. The minimum absolute atomic E-state index is 0.225. The Morgan fingerprint density at radius 1 is 1.13 bits per heavy atom. The van der Waals surface area contributed by atoms with Gasteiger partial charge in [0, 0.05) is 11.4 Å². The van der Waals surface area contributed by atoms with E-state index in [1.54, 1.807) is 30.0 Å². The molecule has 2 atom stereocenters. The van der Waals surface area contributed by atoms with E-state index in [-0.39, 0.29) is 11.7 Å². The van der Waals surface area contributed by atoms with Crippen molar-refractivity contribution in [2.24, 2.45) is 11.8 Å². The Labute approximate surface area is 181 Å². The van der Waals surface area contributed by atoms with Gasteiger partial charge in [-0.25, -0.2) is 9.37 Å². The van der Waals surface area contributed by atoms with Crippen molar-refractivity contribution >= 4 is 50.9 Å². The molecule has 0 radical (unpaired) electrons. The minimum atomic E-state index is -0.893. The van der Waals surface area contributed by atoms with Crippen molar-refractivity contribution in [1.82, 2.24) is 4.98 Å². The molecular formula is C22H21FN2O3S2. The number of halogens is 1. The van der Waals surface area contributed by atoms with E-state index in [1.807, 2.05) is 12.1 Å². The Kier molecular flexibility index (Phi) is 6.34. The zero-order chi connectivity index (χ0) is 21.1. The third-order valence-electron chi connectivity index (χ3n) is 5.33. The summed E-state index contributed by atoms with van der Waals surface area (Å²) in [5.41, 5.74) is 2.52. The lowest BCUT2D eigenvalue weighted by molar-refractivity contribution is -0.147. The molecule has 0 spiro atoms. The van der Waals surface area contributed by atoms with Crippen LogP contribution in [0.4, 0.5) is 10.1 Å². The molecule has 1 amide bonds. The maximum Gasteiger partial charge on any atom is 0.307 e. The van der Waals surface area contributed by atoms with E-state index in [4.69, 9.17) is 0 Å². The predicted octanol–water partition coefficient (Wildman–Crippen LogP) is 5.56. The number of aromatic nitrogens is 1. The molecule has 1 aliphatic rings. The maximum absolute atomic E-state index is 13.0. The van der Waals surface area contributed by atoms with Crippen molar-refractivity contribution in [3.8, 4) is 0 Å². The molecule has 2 N–H and O–H groups in total. The van der Waals surface area contributed by atoms with Crippen LogP contribution in [0.15, 0.2) is 46.8 Å². The molecule has 4 rings (SSSR count). The quantitative estimate of drug-likeness (QED) is 0.487. The van der Waals surface area contributed by atoms with Crippen LogP contribution in [0.1, 0.15) is 31.2 Å². The summed E-state index contributed by atoms with van der Waals surface area (Å²) in [7, 11) is 0. The third-order valence-corrected chi connectivity index (χ3v) is 7.56. The molecule has 0 aliphatic heterocycles. The summed E-state index contributed by atoms with van der Waals surface area (Å²) in [5.74, 6) is -1.77. The average molecular weight is 445 g/mol. The number of nitrogens with one attached hydrogen (secondary N) is 1. The van der Waals surface area contributed by atoms with Crippen molar-refractivity contribution in [3.63, 3.8) is 0 Å². The number of anilines is 1. The zero-order valence-electron chi connectivity index (χ0n) is 16.1. The van der Waals surface area contributed by atoms with Crippen LogP contribution in [0.25, 0.3) is 10.2 Å². The summed E-state index contributed by atoms with van der Waals surface area (Å²) >= 11 is 3.12. The first kappa shape index (κ1) is 20.8. The van der Waals surface area contributed by atoms with Gasteiger partial charge in [-0.2, -0.15) is 0 Å². The number of nitrogens with zero attached hydrogens (tertiary/aromatic N) is 1. The maximum atomic E-state index is 13.0. The molecule has 5 nitrogen and oxygen atoms in total. The lowest BCUT2D eigenvalue weighted by Gasteiger charge is -2.27. The Bertz CT molecular complexity index is 1070. The molecule has 156 valence electrons. The lowest BCUT2D eigenvalue weighted by Crippen LogP contribution is -2.36. The van der Waals surface area contributed by atoms with Gasteiger partial charge in [0.2, 0.25) is 5.91 Å². The molecule has 3 aromatic rings. The van der Waals surface area contributed by atoms with Crippen LogP contribution in [0.5, 0.6) is 0 Å². The van der Waals surface area contributed by atoms with Crippen LogP contribution in [0, 0.1) is 17.7 Å². The second kappa shape index (κ2) is 9.14. The monoisotopic (exact) mass is 444 g/mol. The van der Waals surface area contributed by atoms with E-state index in [0.717, 1.165) is 33.0 Å². The average Bonchev–Trinajstić information content (AvgIpc) is 3.15. The SMILES string of the molecule is O=C(O)[C@H]1CCCC[C@@H]1C(=O)Nc1ccc2nc(SCc3ccc(F)cc3)sc2c1. The summed E-state index contributed by atoms with van der Waals surface area (Å²) in [6.07, 6.45) is 2.89. The van der Waals surface area contributed by atoms with Crippen LogP contribution < -0.4 is 5.32 Å². The first-order valence-corrected chi connectivity index (χ1v) is 11.6. The van der Waals surface area contributed by atoms with Gasteiger partial charge in [-0.1, -0.05) is 36.7 Å². The second-order valence-corrected chi connectivity index (χ2v) is 9.66. The van der Waals surface area contributed by atoms with Crippen molar-refractivity contribution in [2.45, 2.75) is 35.8 Å². The van der Waals surface area contributed by atoms with Gasteiger partial charge in [0.15, 0.2) is 4.34 Å². The second-order valence-electron chi connectivity index (χ2n) is 7.40. The number of aliphatic carboxylic acids is 1. The minimum Gasteiger partial charge on any atom is -0.481 e. The number of carboxylic acid groups (broad SMARTS) is 1. The predicted molar refractivity (Wildman–Crippen MR) is 117 cm³/mol. The highest BCUT2D eigenvalue weighted by Gasteiger charge is 2.35. The van der Waals surface area contributed by atoms with Crippen LogP contribution in [0.3, 0.4) is 0 Å². The summed E-state index contributed by atoms with van der Waals surface area (Å²) in [6, 6.07) is 12.0. The number of carboxylic acids is 1. The largest absolute Gasteiger partial charge is 0.481 e. The molecule has 1 aliphatic carbocycles.